The molecule has 2 aromatic rings. The predicted molar refractivity (Wildman–Crippen MR) is 135 cm³/mol. The quantitative estimate of drug-likeness (QED) is 0.493. The fourth-order valence-corrected chi connectivity index (χ4v) is 6.23. The number of ether oxygens (including phenoxy) is 1. The highest BCUT2D eigenvalue weighted by molar-refractivity contribution is 7.99. The molecule has 0 bridgehead atoms. The van der Waals surface area contributed by atoms with Crippen molar-refractivity contribution in [1.82, 2.24) is 35.0 Å². The second-order valence-electron chi connectivity index (χ2n) is 10.0. The van der Waals surface area contributed by atoms with E-state index >= 15 is 0 Å². The number of piperidine rings is 1. The Morgan fingerprint density at radius 2 is 1.78 bits per heavy atom. The average molecular weight is 529 g/mol. The van der Waals surface area contributed by atoms with Gasteiger partial charge in [0.25, 0.3) is 0 Å². The van der Waals surface area contributed by atoms with Crippen molar-refractivity contribution < 1.29 is 19.1 Å². The average Bonchev–Trinajstić information content (AvgIpc) is 3.45. The lowest BCUT2D eigenvalue weighted by Crippen LogP contribution is -2.41. The molecule has 0 aromatic carbocycles. The zero-order valence-electron chi connectivity index (χ0n) is 21.2. The summed E-state index contributed by atoms with van der Waals surface area (Å²) in [5.41, 5.74) is 0.426. The molecule has 198 valence electrons. The predicted octanol–water partition coefficient (Wildman–Crippen LogP) is 2.06. The Balaban J connectivity index is 1.12. The minimum absolute atomic E-state index is 0.141. The van der Waals surface area contributed by atoms with E-state index in [0.717, 1.165) is 56.8 Å². The molecular weight excluding hydrogens is 496 g/mol. The number of aromatic nitrogens is 5. The zero-order valence-corrected chi connectivity index (χ0v) is 22.0. The van der Waals surface area contributed by atoms with Gasteiger partial charge < -0.3 is 14.5 Å². The van der Waals surface area contributed by atoms with Gasteiger partial charge in [-0.2, -0.15) is 0 Å². The van der Waals surface area contributed by atoms with Crippen LogP contribution in [0.5, 0.6) is 5.88 Å². The molecule has 2 unspecified atom stereocenters. The lowest BCUT2D eigenvalue weighted by atomic mass is 9.81. The number of carbonyl (C=O) groups is 3. The summed E-state index contributed by atoms with van der Waals surface area (Å²) in [5.74, 6) is -0.583. The number of thioether (sulfide) groups is 1. The van der Waals surface area contributed by atoms with Gasteiger partial charge in [-0.3, -0.25) is 9.59 Å². The van der Waals surface area contributed by atoms with Gasteiger partial charge in [0.1, 0.15) is 0 Å². The van der Waals surface area contributed by atoms with Crippen LogP contribution in [0.1, 0.15) is 38.5 Å². The second kappa shape index (κ2) is 11.1. The van der Waals surface area contributed by atoms with Crippen molar-refractivity contribution in [1.29, 1.82) is 0 Å². The van der Waals surface area contributed by atoms with Crippen LogP contribution in [0.2, 0.25) is 0 Å². The first-order chi connectivity index (χ1) is 17.9. The molecule has 1 saturated carbocycles. The van der Waals surface area contributed by atoms with Crippen molar-refractivity contribution >= 4 is 35.4 Å². The highest BCUT2D eigenvalue weighted by atomic mass is 32.2. The molecule has 12 nitrogen and oxygen atoms in total. The van der Waals surface area contributed by atoms with E-state index in [9.17, 15) is 14.4 Å². The van der Waals surface area contributed by atoms with Crippen molar-refractivity contribution in [2.24, 2.45) is 11.8 Å². The first-order valence-electron chi connectivity index (χ1n) is 12.8. The summed E-state index contributed by atoms with van der Waals surface area (Å²) in [6.07, 6.45) is 6.05. The Morgan fingerprint density at radius 1 is 1.08 bits per heavy atom. The molecule has 0 spiro atoms. The number of likely N-dealkylation sites (N-methyl/N-ethyl adjacent to an activating group) is 1. The number of amides is 3. The van der Waals surface area contributed by atoms with E-state index in [-0.39, 0.29) is 29.5 Å². The summed E-state index contributed by atoms with van der Waals surface area (Å²) in [6.45, 7) is 2.70. The molecule has 0 N–H and O–H groups in total. The molecule has 5 rings (SSSR count). The minimum atomic E-state index is -0.459. The highest BCUT2D eigenvalue weighted by Gasteiger charge is 2.48. The summed E-state index contributed by atoms with van der Waals surface area (Å²) in [4.78, 5) is 47.5. The highest BCUT2D eigenvalue weighted by Crippen LogP contribution is 2.40. The molecule has 2 aliphatic heterocycles. The van der Waals surface area contributed by atoms with Crippen LogP contribution in [0.25, 0.3) is 0 Å². The molecular formula is C24H32N8O4S. The Bertz CT molecular complexity index is 1110. The third-order valence-corrected chi connectivity index (χ3v) is 8.55. The Morgan fingerprint density at radius 3 is 2.41 bits per heavy atom. The van der Waals surface area contributed by atoms with E-state index in [4.69, 9.17) is 4.74 Å². The number of rotatable bonds is 7. The number of nitrogens with zero attached hydrogens (tertiary/aromatic N) is 8. The summed E-state index contributed by atoms with van der Waals surface area (Å²) in [5, 5.41) is 13.1. The van der Waals surface area contributed by atoms with Gasteiger partial charge in [0.15, 0.2) is 0 Å². The summed E-state index contributed by atoms with van der Waals surface area (Å²) < 4.78 is 7.29. The van der Waals surface area contributed by atoms with Gasteiger partial charge in [-0.15, -0.1) is 5.10 Å². The summed E-state index contributed by atoms with van der Waals surface area (Å²) in [7, 11) is 4.02. The Labute approximate surface area is 219 Å². The molecule has 3 amide bonds. The summed E-state index contributed by atoms with van der Waals surface area (Å²) in [6, 6.07) is 3.15. The number of fused-ring (bicyclic) bond motifs is 1. The number of likely N-dealkylation sites (tertiary alicyclic amines) is 1. The van der Waals surface area contributed by atoms with E-state index in [1.807, 2.05) is 18.8 Å². The molecule has 2 saturated heterocycles. The van der Waals surface area contributed by atoms with Gasteiger partial charge in [0, 0.05) is 31.0 Å². The number of tetrazole rings is 1. The lowest BCUT2D eigenvalue weighted by Gasteiger charge is -2.30. The van der Waals surface area contributed by atoms with Gasteiger partial charge in [0.2, 0.25) is 22.9 Å². The fourth-order valence-electron chi connectivity index (χ4n) is 5.16. The van der Waals surface area contributed by atoms with Crippen molar-refractivity contribution in [2.45, 2.75) is 55.5 Å². The van der Waals surface area contributed by atoms with Crippen molar-refractivity contribution in [3.63, 3.8) is 0 Å². The van der Waals surface area contributed by atoms with E-state index in [0.29, 0.717) is 24.0 Å². The lowest BCUT2D eigenvalue weighted by molar-refractivity contribution is -0.122. The van der Waals surface area contributed by atoms with Gasteiger partial charge in [-0.1, -0.05) is 24.6 Å². The van der Waals surface area contributed by atoms with Crippen LogP contribution in [-0.4, -0.2) is 91.9 Å². The van der Waals surface area contributed by atoms with Crippen LogP contribution >= 0.6 is 11.8 Å². The van der Waals surface area contributed by atoms with Crippen LogP contribution in [0.15, 0.2) is 23.5 Å². The molecule has 3 fully saturated rings. The zero-order chi connectivity index (χ0) is 25.9. The van der Waals surface area contributed by atoms with Crippen molar-refractivity contribution in [3.8, 4) is 5.88 Å². The molecule has 2 atom stereocenters. The Hall–Kier alpha value is -3.06. The maximum absolute atomic E-state index is 12.8. The first-order valence-corrected chi connectivity index (χ1v) is 13.7. The fraction of sp³-hybridized carbons (Fsp3) is 0.625. The monoisotopic (exact) mass is 528 g/mol. The van der Waals surface area contributed by atoms with Crippen molar-refractivity contribution in [2.75, 3.05) is 38.6 Å². The standard InChI is InChI=1S/C24H32N8O4S/c1-29(2)13-14-31-23(26-27-28-31)37-17-9-11-30(12-10-17)24(35)36-20-8-7-16(15-25-20)32-21(33)18-5-3-4-6-19(18)22(32)34/h7-8,15,17-19H,3-6,9-14H2,1-2H3. The first kappa shape index (κ1) is 25.6. The molecule has 4 heterocycles. The van der Waals surface area contributed by atoms with E-state index in [2.05, 4.69) is 25.4 Å². The van der Waals surface area contributed by atoms with E-state index in [1.165, 1.54) is 17.2 Å². The van der Waals surface area contributed by atoms with E-state index in [1.54, 1.807) is 22.7 Å². The number of imide groups is 1. The molecule has 0 radical (unpaired) electrons. The van der Waals surface area contributed by atoms with Crippen molar-refractivity contribution in [3.05, 3.63) is 18.3 Å². The number of carbonyl (C=O) groups excluding carboxylic acids is 3. The Kier molecular flexibility index (Phi) is 7.70. The van der Waals surface area contributed by atoms with Crippen LogP contribution in [0.4, 0.5) is 10.5 Å². The summed E-state index contributed by atoms with van der Waals surface area (Å²) >= 11 is 1.65. The molecule has 13 heteroatoms. The largest absolute Gasteiger partial charge is 0.416 e. The van der Waals surface area contributed by atoms with Crippen LogP contribution in [0.3, 0.4) is 0 Å². The minimum Gasteiger partial charge on any atom is -0.391 e. The van der Waals surface area contributed by atoms with Gasteiger partial charge in [-0.25, -0.2) is 19.4 Å². The maximum atomic E-state index is 12.8. The number of hydrogen-bond donors (Lipinski definition) is 0. The van der Waals surface area contributed by atoms with Crippen LogP contribution < -0.4 is 9.64 Å². The molecule has 3 aliphatic rings. The number of anilines is 1. The van der Waals surface area contributed by atoms with E-state index < -0.39 is 6.09 Å². The normalized spacial score (nSPS) is 22.6. The molecule has 2 aromatic heterocycles. The van der Waals surface area contributed by atoms with Gasteiger partial charge in [0.05, 0.1) is 30.3 Å². The number of hydrogen-bond acceptors (Lipinski definition) is 10. The SMILES string of the molecule is CN(C)CCn1nnnc1SC1CCN(C(=O)Oc2ccc(N3C(=O)C4CCCCC4C3=O)cn2)CC1. The third kappa shape index (κ3) is 5.61. The van der Waals surface area contributed by atoms with Crippen LogP contribution in [0, 0.1) is 11.8 Å². The molecule has 37 heavy (non-hydrogen) atoms. The smallest absolute Gasteiger partial charge is 0.391 e. The molecule has 1 aliphatic carbocycles. The topological polar surface area (TPSA) is 127 Å². The number of pyridine rings is 1. The third-order valence-electron chi connectivity index (χ3n) is 7.24. The second-order valence-corrected chi connectivity index (χ2v) is 11.3. The van der Waals surface area contributed by atoms with Gasteiger partial charge >= 0.3 is 6.09 Å². The van der Waals surface area contributed by atoms with Crippen LogP contribution in [-0.2, 0) is 16.1 Å². The van der Waals surface area contributed by atoms with Gasteiger partial charge in [-0.05, 0) is 56.3 Å². The maximum Gasteiger partial charge on any atom is 0.416 e.